The highest BCUT2D eigenvalue weighted by atomic mass is 16.5. The Morgan fingerprint density at radius 1 is 1.69 bits per heavy atom. The van der Waals surface area contributed by atoms with Gasteiger partial charge in [0, 0.05) is 6.61 Å². The largest absolute Gasteiger partial charge is 0.476 e. The number of hydrogen-bond acceptors (Lipinski definition) is 4. The maximum Gasteiger partial charge on any atom is 0.358 e. The first kappa shape index (κ1) is 9.73. The minimum absolute atomic E-state index is 0.0466. The standard InChI is InChI=1S/C8H11NO4/c1-3-12-4-6-9-7(8(10)11)5(2)13-6/h3-4H2,1-2H3,(H,10,11). The highest BCUT2D eigenvalue weighted by Crippen LogP contribution is 2.10. The van der Waals surface area contributed by atoms with Crippen molar-refractivity contribution in [2.45, 2.75) is 20.5 Å². The van der Waals surface area contributed by atoms with Crippen molar-refractivity contribution in [2.24, 2.45) is 0 Å². The molecule has 1 rings (SSSR count). The smallest absolute Gasteiger partial charge is 0.358 e. The lowest BCUT2D eigenvalue weighted by Crippen LogP contribution is -1.99. The van der Waals surface area contributed by atoms with Gasteiger partial charge in [-0.05, 0) is 13.8 Å². The molecule has 0 aliphatic rings. The van der Waals surface area contributed by atoms with Gasteiger partial charge in [0.2, 0.25) is 5.89 Å². The molecule has 5 nitrogen and oxygen atoms in total. The third-order valence-corrected chi connectivity index (χ3v) is 1.47. The van der Waals surface area contributed by atoms with E-state index in [1.165, 1.54) is 0 Å². The SMILES string of the molecule is CCOCc1nc(C(=O)O)c(C)o1. The Hall–Kier alpha value is -1.36. The number of nitrogens with zero attached hydrogens (tertiary/aromatic N) is 1. The number of hydrogen-bond donors (Lipinski definition) is 1. The van der Waals surface area contributed by atoms with Crippen molar-refractivity contribution < 1.29 is 19.1 Å². The monoisotopic (exact) mass is 185 g/mol. The summed E-state index contributed by atoms with van der Waals surface area (Å²) in [5.41, 5.74) is -0.0466. The van der Waals surface area contributed by atoms with Gasteiger partial charge in [0.25, 0.3) is 0 Å². The molecule has 0 aliphatic carbocycles. The van der Waals surface area contributed by atoms with Crippen LogP contribution in [-0.2, 0) is 11.3 Å². The van der Waals surface area contributed by atoms with Gasteiger partial charge >= 0.3 is 5.97 Å². The van der Waals surface area contributed by atoms with Crippen LogP contribution in [0.15, 0.2) is 4.42 Å². The number of carbonyl (C=O) groups is 1. The maximum absolute atomic E-state index is 10.5. The van der Waals surface area contributed by atoms with Gasteiger partial charge < -0.3 is 14.3 Å². The zero-order chi connectivity index (χ0) is 9.84. The molecule has 1 aromatic rings. The van der Waals surface area contributed by atoms with Crippen molar-refractivity contribution in [3.05, 3.63) is 17.3 Å². The van der Waals surface area contributed by atoms with Crippen molar-refractivity contribution in [3.63, 3.8) is 0 Å². The van der Waals surface area contributed by atoms with Gasteiger partial charge in [-0.25, -0.2) is 9.78 Å². The van der Waals surface area contributed by atoms with Crippen LogP contribution in [0.4, 0.5) is 0 Å². The average Bonchev–Trinajstić information content (AvgIpc) is 2.43. The molecular weight excluding hydrogens is 174 g/mol. The molecule has 0 aliphatic heterocycles. The third kappa shape index (κ3) is 2.29. The number of rotatable bonds is 4. The van der Waals surface area contributed by atoms with E-state index in [4.69, 9.17) is 14.3 Å². The molecule has 72 valence electrons. The first-order valence-electron chi connectivity index (χ1n) is 3.92. The number of carboxylic acid groups (broad SMARTS) is 1. The van der Waals surface area contributed by atoms with Crippen LogP contribution in [0.2, 0.25) is 0 Å². The van der Waals surface area contributed by atoms with Gasteiger partial charge in [-0.3, -0.25) is 0 Å². The second-order valence-corrected chi connectivity index (χ2v) is 2.45. The zero-order valence-electron chi connectivity index (χ0n) is 7.53. The summed E-state index contributed by atoms with van der Waals surface area (Å²) in [6, 6.07) is 0. The molecule has 0 aromatic carbocycles. The molecule has 1 aromatic heterocycles. The number of oxazole rings is 1. The Balaban J connectivity index is 2.76. The summed E-state index contributed by atoms with van der Waals surface area (Å²) in [7, 11) is 0. The minimum atomic E-state index is -1.08. The Morgan fingerprint density at radius 2 is 2.38 bits per heavy atom. The summed E-state index contributed by atoms with van der Waals surface area (Å²) in [5.74, 6) is -0.469. The maximum atomic E-state index is 10.5. The fraction of sp³-hybridized carbons (Fsp3) is 0.500. The molecule has 1 heterocycles. The fourth-order valence-corrected chi connectivity index (χ4v) is 0.901. The molecule has 0 saturated carbocycles. The molecule has 0 spiro atoms. The predicted molar refractivity (Wildman–Crippen MR) is 43.5 cm³/mol. The molecule has 0 radical (unpaired) electrons. The Labute approximate surface area is 75.3 Å². The van der Waals surface area contributed by atoms with Gasteiger partial charge in [-0.2, -0.15) is 0 Å². The van der Waals surface area contributed by atoms with E-state index in [0.29, 0.717) is 18.3 Å². The van der Waals surface area contributed by atoms with Crippen molar-refractivity contribution >= 4 is 5.97 Å². The Kier molecular flexibility index (Phi) is 3.02. The number of aromatic carboxylic acids is 1. The molecule has 0 saturated heterocycles. The number of aromatic nitrogens is 1. The average molecular weight is 185 g/mol. The van der Waals surface area contributed by atoms with Gasteiger partial charge in [-0.15, -0.1) is 0 Å². The molecule has 13 heavy (non-hydrogen) atoms. The molecule has 0 unspecified atom stereocenters. The van der Waals surface area contributed by atoms with Crippen molar-refractivity contribution in [3.8, 4) is 0 Å². The van der Waals surface area contributed by atoms with Crippen LogP contribution in [0.25, 0.3) is 0 Å². The normalized spacial score (nSPS) is 10.3. The van der Waals surface area contributed by atoms with Crippen LogP contribution in [0, 0.1) is 6.92 Å². The van der Waals surface area contributed by atoms with Crippen LogP contribution < -0.4 is 0 Å². The van der Waals surface area contributed by atoms with Crippen molar-refractivity contribution in [2.75, 3.05) is 6.61 Å². The summed E-state index contributed by atoms with van der Waals surface area (Å²) in [6.45, 7) is 4.16. The Morgan fingerprint density at radius 3 is 2.85 bits per heavy atom. The zero-order valence-corrected chi connectivity index (χ0v) is 7.53. The molecule has 0 atom stereocenters. The highest BCUT2D eigenvalue weighted by Gasteiger charge is 2.15. The first-order valence-corrected chi connectivity index (χ1v) is 3.92. The Bertz CT molecular complexity index is 305. The predicted octanol–water partition coefficient (Wildman–Crippen LogP) is 1.22. The summed E-state index contributed by atoms with van der Waals surface area (Å²) < 4.78 is 10.1. The number of ether oxygens (including phenoxy) is 1. The van der Waals surface area contributed by atoms with Crippen LogP contribution >= 0.6 is 0 Å². The highest BCUT2D eigenvalue weighted by molar-refractivity contribution is 5.86. The van der Waals surface area contributed by atoms with E-state index in [0.717, 1.165) is 0 Å². The molecule has 0 fully saturated rings. The van der Waals surface area contributed by atoms with Gasteiger partial charge in [-0.1, -0.05) is 0 Å². The van der Waals surface area contributed by atoms with Gasteiger partial charge in [0.05, 0.1) is 0 Å². The van der Waals surface area contributed by atoms with E-state index in [-0.39, 0.29) is 12.3 Å². The van der Waals surface area contributed by atoms with E-state index in [2.05, 4.69) is 4.98 Å². The van der Waals surface area contributed by atoms with Gasteiger partial charge in [0.1, 0.15) is 12.4 Å². The molecule has 1 N–H and O–H groups in total. The summed E-state index contributed by atoms with van der Waals surface area (Å²) in [5, 5.41) is 8.64. The second kappa shape index (κ2) is 4.04. The lowest BCUT2D eigenvalue weighted by molar-refractivity contribution is 0.0689. The van der Waals surface area contributed by atoms with Crippen LogP contribution in [0.5, 0.6) is 0 Å². The second-order valence-electron chi connectivity index (χ2n) is 2.45. The fourth-order valence-electron chi connectivity index (χ4n) is 0.901. The summed E-state index contributed by atoms with van der Waals surface area (Å²) in [4.78, 5) is 14.3. The van der Waals surface area contributed by atoms with E-state index in [9.17, 15) is 4.79 Å². The molecule has 5 heteroatoms. The lowest BCUT2D eigenvalue weighted by Gasteiger charge is -1.93. The molecule has 0 amide bonds. The molecular formula is C8H11NO4. The van der Waals surface area contributed by atoms with Crippen molar-refractivity contribution in [1.29, 1.82) is 0 Å². The van der Waals surface area contributed by atoms with Crippen molar-refractivity contribution in [1.82, 2.24) is 4.98 Å². The van der Waals surface area contributed by atoms with E-state index >= 15 is 0 Å². The van der Waals surface area contributed by atoms with E-state index in [1.807, 2.05) is 6.92 Å². The summed E-state index contributed by atoms with van der Waals surface area (Å²) in [6.07, 6.45) is 0. The summed E-state index contributed by atoms with van der Waals surface area (Å²) >= 11 is 0. The van der Waals surface area contributed by atoms with Crippen LogP contribution in [0.3, 0.4) is 0 Å². The third-order valence-electron chi connectivity index (χ3n) is 1.47. The van der Waals surface area contributed by atoms with Gasteiger partial charge in [0.15, 0.2) is 5.69 Å². The number of carboxylic acids is 1. The quantitative estimate of drug-likeness (QED) is 0.763. The topological polar surface area (TPSA) is 72.6 Å². The minimum Gasteiger partial charge on any atom is -0.476 e. The van der Waals surface area contributed by atoms with E-state index < -0.39 is 5.97 Å². The van der Waals surface area contributed by atoms with Crippen LogP contribution in [-0.4, -0.2) is 22.7 Å². The number of aryl methyl sites for hydroxylation is 1. The van der Waals surface area contributed by atoms with E-state index in [1.54, 1.807) is 6.92 Å². The van der Waals surface area contributed by atoms with Crippen LogP contribution in [0.1, 0.15) is 29.1 Å². The molecule has 0 bridgehead atoms. The lowest BCUT2D eigenvalue weighted by atomic mass is 10.4. The first-order chi connectivity index (χ1) is 6.15.